The molecule has 1 saturated carbocycles. The zero-order chi connectivity index (χ0) is 13.9. The van der Waals surface area contributed by atoms with Crippen LogP contribution in [0.5, 0.6) is 0 Å². The predicted octanol–water partition coefficient (Wildman–Crippen LogP) is 4.06. The highest BCUT2D eigenvalue weighted by Gasteiger charge is 2.23. The molecule has 0 spiro atoms. The SMILES string of the molecule is CC1CCC(CCNC2CCc3cc(N)ccc32)CC1. The third-order valence-corrected chi connectivity index (χ3v) is 5.32. The van der Waals surface area contributed by atoms with Gasteiger partial charge in [-0.05, 0) is 60.9 Å². The Labute approximate surface area is 123 Å². The van der Waals surface area contributed by atoms with Crippen LogP contribution in [0.1, 0.15) is 62.6 Å². The van der Waals surface area contributed by atoms with Gasteiger partial charge in [0, 0.05) is 11.7 Å². The number of nitrogen functional groups attached to an aromatic ring is 1. The van der Waals surface area contributed by atoms with E-state index in [9.17, 15) is 0 Å². The van der Waals surface area contributed by atoms with E-state index >= 15 is 0 Å². The number of hydrogen-bond donors (Lipinski definition) is 2. The second-order valence-electron chi connectivity index (χ2n) is 6.92. The van der Waals surface area contributed by atoms with Crippen LogP contribution in [-0.4, -0.2) is 6.54 Å². The van der Waals surface area contributed by atoms with Crippen LogP contribution in [0, 0.1) is 11.8 Å². The predicted molar refractivity (Wildman–Crippen MR) is 85.7 cm³/mol. The molecule has 0 aliphatic heterocycles. The Balaban J connectivity index is 1.46. The van der Waals surface area contributed by atoms with Gasteiger partial charge < -0.3 is 11.1 Å². The maximum Gasteiger partial charge on any atom is 0.0326 e. The van der Waals surface area contributed by atoms with Crippen molar-refractivity contribution in [2.24, 2.45) is 11.8 Å². The van der Waals surface area contributed by atoms with Crippen LogP contribution in [0.3, 0.4) is 0 Å². The third kappa shape index (κ3) is 3.17. The molecular formula is C18H28N2. The first-order valence-electron chi connectivity index (χ1n) is 8.34. The number of benzene rings is 1. The molecule has 3 rings (SSSR count). The Morgan fingerprint density at radius 1 is 1.15 bits per heavy atom. The molecular weight excluding hydrogens is 244 g/mol. The number of nitrogens with one attached hydrogen (secondary N) is 1. The second-order valence-corrected chi connectivity index (χ2v) is 6.92. The molecule has 0 radical (unpaired) electrons. The highest BCUT2D eigenvalue weighted by atomic mass is 14.9. The molecule has 20 heavy (non-hydrogen) atoms. The summed E-state index contributed by atoms with van der Waals surface area (Å²) >= 11 is 0. The van der Waals surface area contributed by atoms with Gasteiger partial charge in [-0.25, -0.2) is 0 Å². The fourth-order valence-electron chi connectivity index (χ4n) is 3.93. The lowest BCUT2D eigenvalue weighted by molar-refractivity contribution is 0.272. The minimum absolute atomic E-state index is 0.563. The van der Waals surface area contributed by atoms with Crippen molar-refractivity contribution in [1.29, 1.82) is 0 Å². The van der Waals surface area contributed by atoms with Crippen LogP contribution in [-0.2, 0) is 6.42 Å². The molecule has 2 aliphatic rings. The van der Waals surface area contributed by atoms with E-state index in [-0.39, 0.29) is 0 Å². The second kappa shape index (κ2) is 6.17. The van der Waals surface area contributed by atoms with E-state index in [1.165, 1.54) is 62.6 Å². The van der Waals surface area contributed by atoms with E-state index in [1.54, 1.807) is 0 Å². The molecule has 2 nitrogen and oxygen atoms in total. The quantitative estimate of drug-likeness (QED) is 0.811. The number of anilines is 1. The Morgan fingerprint density at radius 3 is 2.75 bits per heavy atom. The molecule has 1 atom stereocenters. The molecule has 2 heteroatoms. The Morgan fingerprint density at radius 2 is 1.95 bits per heavy atom. The summed E-state index contributed by atoms with van der Waals surface area (Å²) in [6.45, 7) is 3.57. The summed E-state index contributed by atoms with van der Waals surface area (Å²) in [4.78, 5) is 0. The summed E-state index contributed by atoms with van der Waals surface area (Å²) in [7, 11) is 0. The van der Waals surface area contributed by atoms with Crippen molar-refractivity contribution in [2.75, 3.05) is 12.3 Å². The topological polar surface area (TPSA) is 38.0 Å². The lowest BCUT2D eigenvalue weighted by Gasteiger charge is -2.26. The Bertz CT molecular complexity index is 447. The largest absolute Gasteiger partial charge is 0.399 e. The van der Waals surface area contributed by atoms with Gasteiger partial charge >= 0.3 is 0 Å². The molecule has 0 bridgehead atoms. The first-order chi connectivity index (χ1) is 9.72. The first kappa shape index (κ1) is 13.9. The molecule has 1 aromatic carbocycles. The summed E-state index contributed by atoms with van der Waals surface area (Å²) in [6.07, 6.45) is 9.54. The molecule has 3 N–H and O–H groups in total. The zero-order valence-electron chi connectivity index (χ0n) is 12.7. The number of aryl methyl sites for hydroxylation is 1. The Hall–Kier alpha value is -1.02. The summed E-state index contributed by atoms with van der Waals surface area (Å²) < 4.78 is 0. The molecule has 0 heterocycles. The Kier molecular flexibility index (Phi) is 4.30. The summed E-state index contributed by atoms with van der Waals surface area (Å²) in [6, 6.07) is 6.98. The van der Waals surface area contributed by atoms with Crippen LogP contribution >= 0.6 is 0 Å². The molecule has 0 saturated heterocycles. The lowest BCUT2D eigenvalue weighted by Crippen LogP contribution is -2.24. The molecule has 2 aliphatic carbocycles. The maximum absolute atomic E-state index is 5.86. The first-order valence-corrected chi connectivity index (χ1v) is 8.34. The van der Waals surface area contributed by atoms with Gasteiger partial charge in [0.15, 0.2) is 0 Å². The van der Waals surface area contributed by atoms with Crippen LogP contribution in [0.15, 0.2) is 18.2 Å². The average Bonchev–Trinajstić information content (AvgIpc) is 2.83. The number of rotatable bonds is 4. The van der Waals surface area contributed by atoms with E-state index in [1.807, 2.05) is 6.07 Å². The summed E-state index contributed by atoms with van der Waals surface area (Å²) in [5.41, 5.74) is 9.70. The zero-order valence-corrected chi connectivity index (χ0v) is 12.7. The van der Waals surface area contributed by atoms with E-state index in [0.717, 1.165) is 17.5 Å². The van der Waals surface area contributed by atoms with Crippen molar-refractivity contribution < 1.29 is 0 Å². The van der Waals surface area contributed by atoms with Crippen molar-refractivity contribution in [2.45, 2.75) is 57.9 Å². The molecule has 0 amide bonds. The van der Waals surface area contributed by atoms with Crippen LogP contribution in [0.4, 0.5) is 5.69 Å². The van der Waals surface area contributed by atoms with E-state index in [2.05, 4.69) is 24.4 Å². The maximum atomic E-state index is 5.86. The highest BCUT2D eigenvalue weighted by molar-refractivity contribution is 5.47. The summed E-state index contributed by atoms with van der Waals surface area (Å²) in [5.74, 6) is 1.93. The third-order valence-electron chi connectivity index (χ3n) is 5.32. The number of nitrogens with two attached hydrogens (primary N) is 1. The fourth-order valence-corrected chi connectivity index (χ4v) is 3.93. The van der Waals surface area contributed by atoms with E-state index in [0.29, 0.717) is 6.04 Å². The van der Waals surface area contributed by atoms with Gasteiger partial charge in [-0.1, -0.05) is 38.7 Å². The molecule has 1 aromatic rings. The van der Waals surface area contributed by atoms with E-state index in [4.69, 9.17) is 5.73 Å². The van der Waals surface area contributed by atoms with Gasteiger partial charge in [0.1, 0.15) is 0 Å². The molecule has 0 aromatic heterocycles. The summed E-state index contributed by atoms with van der Waals surface area (Å²) in [5, 5.41) is 3.77. The van der Waals surface area contributed by atoms with Gasteiger partial charge in [-0.3, -0.25) is 0 Å². The van der Waals surface area contributed by atoms with Crippen molar-refractivity contribution in [3.63, 3.8) is 0 Å². The monoisotopic (exact) mass is 272 g/mol. The fraction of sp³-hybridized carbons (Fsp3) is 0.667. The van der Waals surface area contributed by atoms with Crippen LogP contribution in [0.25, 0.3) is 0 Å². The molecule has 1 unspecified atom stereocenters. The van der Waals surface area contributed by atoms with Crippen molar-refractivity contribution in [3.8, 4) is 0 Å². The standard InChI is InChI=1S/C18H28N2/c1-13-2-4-14(5-3-13)10-11-20-18-9-6-15-12-16(19)7-8-17(15)18/h7-8,12-14,18,20H,2-6,9-11,19H2,1H3. The smallest absolute Gasteiger partial charge is 0.0326 e. The van der Waals surface area contributed by atoms with Gasteiger partial charge in [0.05, 0.1) is 0 Å². The van der Waals surface area contributed by atoms with E-state index < -0.39 is 0 Å². The minimum Gasteiger partial charge on any atom is -0.399 e. The normalized spacial score (nSPS) is 29.4. The van der Waals surface area contributed by atoms with Crippen molar-refractivity contribution >= 4 is 5.69 Å². The van der Waals surface area contributed by atoms with Crippen LogP contribution < -0.4 is 11.1 Å². The van der Waals surface area contributed by atoms with Gasteiger partial charge in [0.25, 0.3) is 0 Å². The number of fused-ring (bicyclic) bond motifs is 1. The van der Waals surface area contributed by atoms with Gasteiger partial charge in [-0.15, -0.1) is 0 Å². The minimum atomic E-state index is 0.563. The molecule has 110 valence electrons. The van der Waals surface area contributed by atoms with Gasteiger partial charge in [-0.2, -0.15) is 0 Å². The van der Waals surface area contributed by atoms with Crippen molar-refractivity contribution in [3.05, 3.63) is 29.3 Å². The highest BCUT2D eigenvalue weighted by Crippen LogP contribution is 2.33. The molecule has 1 fully saturated rings. The number of hydrogen-bond acceptors (Lipinski definition) is 2. The lowest BCUT2D eigenvalue weighted by atomic mass is 9.81. The average molecular weight is 272 g/mol. The van der Waals surface area contributed by atoms with Gasteiger partial charge in [0.2, 0.25) is 0 Å². The van der Waals surface area contributed by atoms with Crippen molar-refractivity contribution in [1.82, 2.24) is 5.32 Å². The van der Waals surface area contributed by atoms with Crippen LogP contribution in [0.2, 0.25) is 0 Å².